The summed E-state index contributed by atoms with van der Waals surface area (Å²) in [5, 5.41) is 2.91. The molecule has 6 heteroatoms. The van der Waals surface area contributed by atoms with E-state index in [1.54, 1.807) is 7.11 Å². The van der Waals surface area contributed by atoms with Crippen LogP contribution in [0.1, 0.15) is 6.92 Å². The van der Waals surface area contributed by atoms with Crippen LogP contribution >= 0.6 is 0 Å². The van der Waals surface area contributed by atoms with E-state index >= 15 is 0 Å². The van der Waals surface area contributed by atoms with Crippen LogP contribution in [0.25, 0.3) is 0 Å². The Kier molecular flexibility index (Phi) is 6.83. The smallest absolute Gasteiger partial charge is 0.239 e. The average molecular weight is 320 g/mol. The number of para-hydroxylation sites is 1. The molecule has 1 amide bonds. The Morgan fingerprint density at radius 2 is 1.91 bits per heavy atom. The van der Waals surface area contributed by atoms with Crippen molar-refractivity contribution in [2.24, 2.45) is 5.73 Å². The van der Waals surface area contributed by atoms with Gasteiger partial charge in [0.05, 0.1) is 6.61 Å². The number of carbonyl (C=O) groups is 1. The molecular weight excluding hydrogens is 292 g/mol. The Bertz CT molecular complexity index is 475. The lowest BCUT2D eigenvalue weighted by Gasteiger charge is -2.39. The van der Waals surface area contributed by atoms with Gasteiger partial charge in [0.25, 0.3) is 0 Å². The molecule has 0 radical (unpaired) electrons. The molecule has 1 aliphatic heterocycles. The van der Waals surface area contributed by atoms with Crippen molar-refractivity contribution in [2.75, 3.05) is 51.3 Å². The molecule has 2 rings (SSSR count). The monoisotopic (exact) mass is 320 g/mol. The molecule has 1 aliphatic rings. The van der Waals surface area contributed by atoms with Gasteiger partial charge in [-0.3, -0.25) is 9.69 Å². The van der Waals surface area contributed by atoms with Crippen LogP contribution in [0.3, 0.4) is 0 Å². The second-order valence-corrected chi connectivity index (χ2v) is 6.01. The largest absolute Gasteiger partial charge is 0.383 e. The molecule has 0 saturated carbocycles. The zero-order valence-corrected chi connectivity index (χ0v) is 14.1. The number of benzene rings is 1. The van der Waals surface area contributed by atoms with Gasteiger partial charge in [-0.15, -0.1) is 0 Å². The minimum atomic E-state index is -0.595. The zero-order valence-electron chi connectivity index (χ0n) is 14.1. The molecule has 1 heterocycles. The maximum Gasteiger partial charge on any atom is 0.239 e. The first-order chi connectivity index (χ1) is 11.1. The maximum absolute atomic E-state index is 11.8. The van der Waals surface area contributed by atoms with E-state index in [9.17, 15) is 4.79 Å². The highest BCUT2D eigenvalue weighted by molar-refractivity contribution is 5.81. The lowest BCUT2D eigenvalue weighted by Crippen LogP contribution is -2.53. The van der Waals surface area contributed by atoms with Crippen LogP contribution < -0.4 is 16.0 Å². The number of anilines is 1. The van der Waals surface area contributed by atoms with E-state index in [-0.39, 0.29) is 12.5 Å². The Morgan fingerprint density at radius 1 is 1.26 bits per heavy atom. The van der Waals surface area contributed by atoms with E-state index in [2.05, 4.69) is 46.3 Å². The summed E-state index contributed by atoms with van der Waals surface area (Å²) >= 11 is 0. The number of piperazine rings is 1. The van der Waals surface area contributed by atoms with Crippen LogP contribution in [-0.4, -0.2) is 69.3 Å². The lowest BCUT2D eigenvalue weighted by atomic mass is 10.2. The second-order valence-electron chi connectivity index (χ2n) is 6.01. The molecule has 0 aromatic heterocycles. The van der Waals surface area contributed by atoms with Crippen LogP contribution in [0.15, 0.2) is 30.3 Å². The van der Waals surface area contributed by atoms with E-state index in [4.69, 9.17) is 10.5 Å². The van der Waals surface area contributed by atoms with Crippen LogP contribution in [0.4, 0.5) is 5.69 Å². The number of ether oxygens (including phenoxy) is 1. The van der Waals surface area contributed by atoms with Gasteiger partial charge in [0.15, 0.2) is 0 Å². The number of carbonyl (C=O) groups excluding carboxylic acids is 1. The van der Waals surface area contributed by atoms with Gasteiger partial charge in [-0.2, -0.15) is 0 Å². The highest BCUT2D eigenvalue weighted by atomic mass is 16.5. The van der Waals surface area contributed by atoms with Crippen molar-refractivity contribution in [3.8, 4) is 0 Å². The third-order valence-corrected chi connectivity index (χ3v) is 4.31. The number of nitrogens with one attached hydrogen (secondary N) is 1. The molecule has 3 N–H and O–H groups in total. The van der Waals surface area contributed by atoms with Crippen molar-refractivity contribution >= 4 is 11.6 Å². The molecule has 6 nitrogen and oxygen atoms in total. The highest BCUT2D eigenvalue weighted by Gasteiger charge is 2.22. The van der Waals surface area contributed by atoms with Crippen molar-refractivity contribution < 1.29 is 9.53 Å². The van der Waals surface area contributed by atoms with Crippen molar-refractivity contribution in [3.05, 3.63) is 30.3 Å². The van der Waals surface area contributed by atoms with Gasteiger partial charge in [-0.05, 0) is 19.1 Å². The third-order valence-electron chi connectivity index (χ3n) is 4.31. The van der Waals surface area contributed by atoms with Crippen LogP contribution in [0.5, 0.6) is 0 Å². The number of nitrogens with zero attached hydrogens (tertiary/aromatic N) is 2. The molecule has 1 aromatic carbocycles. The molecule has 2 unspecified atom stereocenters. The lowest BCUT2D eigenvalue weighted by molar-refractivity contribution is -0.123. The van der Waals surface area contributed by atoms with Gasteiger partial charge in [-0.1, -0.05) is 18.2 Å². The van der Waals surface area contributed by atoms with Gasteiger partial charge in [0, 0.05) is 51.6 Å². The first kappa shape index (κ1) is 17.7. The van der Waals surface area contributed by atoms with Crippen molar-refractivity contribution in [1.29, 1.82) is 0 Å². The predicted molar refractivity (Wildman–Crippen MR) is 92.6 cm³/mol. The van der Waals surface area contributed by atoms with E-state index in [1.165, 1.54) is 5.69 Å². The van der Waals surface area contributed by atoms with Gasteiger partial charge in [0.1, 0.15) is 6.04 Å². The Labute approximate surface area is 138 Å². The zero-order chi connectivity index (χ0) is 16.7. The molecule has 0 bridgehead atoms. The van der Waals surface area contributed by atoms with Crippen LogP contribution in [0.2, 0.25) is 0 Å². The molecule has 2 atom stereocenters. The minimum Gasteiger partial charge on any atom is -0.383 e. The van der Waals surface area contributed by atoms with Crippen molar-refractivity contribution in [3.63, 3.8) is 0 Å². The number of hydrogen-bond acceptors (Lipinski definition) is 5. The summed E-state index contributed by atoms with van der Waals surface area (Å²) in [5.41, 5.74) is 6.99. The first-order valence-electron chi connectivity index (χ1n) is 8.18. The van der Waals surface area contributed by atoms with Gasteiger partial charge >= 0.3 is 0 Å². The maximum atomic E-state index is 11.8. The topological polar surface area (TPSA) is 70.8 Å². The fourth-order valence-electron chi connectivity index (χ4n) is 2.82. The fraction of sp³-hybridized carbons (Fsp3) is 0.588. The van der Waals surface area contributed by atoms with E-state index in [0.717, 1.165) is 26.2 Å². The molecule has 1 saturated heterocycles. The quantitative estimate of drug-likeness (QED) is 0.755. The number of hydrogen-bond donors (Lipinski definition) is 2. The normalized spacial score (nSPS) is 18.5. The molecule has 1 aromatic rings. The van der Waals surface area contributed by atoms with Gasteiger partial charge < -0.3 is 20.7 Å². The highest BCUT2D eigenvalue weighted by Crippen LogP contribution is 2.16. The van der Waals surface area contributed by atoms with Gasteiger partial charge in [-0.25, -0.2) is 0 Å². The van der Waals surface area contributed by atoms with Crippen molar-refractivity contribution in [2.45, 2.75) is 19.0 Å². The summed E-state index contributed by atoms with van der Waals surface area (Å²) < 4.78 is 4.90. The minimum absolute atomic E-state index is 0.151. The molecule has 128 valence electrons. The van der Waals surface area contributed by atoms with Gasteiger partial charge in [0.2, 0.25) is 5.91 Å². The van der Waals surface area contributed by atoms with Crippen LogP contribution in [0, 0.1) is 0 Å². The molecular formula is C17H28N4O2. The number of rotatable bonds is 7. The average Bonchev–Trinajstić information content (AvgIpc) is 2.60. The summed E-state index contributed by atoms with van der Waals surface area (Å²) in [6.07, 6.45) is 0. The molecule has 1 fully saturated rings. The van der Waals surface area contributed by atoms with Crippen molar-refractivity contribution in [1.82, 2.24) is 10.2 Å². The molecule has 23 heavy (non-hydrogen) atoms. The third kappa shape index (κ3) is 5.20. The Hall–Kier alpha value is -1.63. The van der Waals surface area contributed by atoms with E-state index in [0.29, 0.717) is 12.6 Å². The molecule has 0 aliphatic carbocycles. The number of amides is 1. The van der Waals surface area contributed by atoms with E-state index in [1.807, 2.05) is 6.07 Å². The second kappa shape index (κ2) is 8.86. The summed E-state index contributed by atoms with van der Waals surface area (Å²) in [4.78, 5) is 16.6. The summed E-state index contributed by atoms with van der Waals surface area (Å²) in [5.74, 6) is -0.151. The van der Waals surface area contributed by atoms with Crippen LogP contribution in [-0.2, 0) is 9.53 Å². The summed E-state index contributed by atoms with van der Waals surface area (Å²) in [6.45, 7) is 7.00. The number of nitrogens with two attached hydrogens (primary N) is 1. The summed E-state index contributed by atoms with van der Waals surface area (Å²) in [6, 6.07) is 10.2. The Balaban J connectivity index is 1.73. The predicted octanol–water partition coefficient (Wildman–Crippen LogP) is 0.287. The fourth-order valence-corrected chi connectivity index (χ4v) is 2.82. The SMILES string of the molecule is COCC(N)C(=O)NCC(C)N1CCN(c2ccccc2)CC1. The molecule has 0 spiro atoms. The summed E-state index contributed by atoms with van der Waals surface area (Å²) in [7, 11) is 1.54. The van der Waals surface area contributed by atoms with E-state index < -0.39 is 6.04 Å². The first-order valence-corrected chi connectivity index (χ1v) is 8.18. The number of methoxy groups -OCH3 is 1. The standard InChI is InChI=1S/C17H28N4O2/c1-14(12-19-17(22)16(18)13-23-2)20-8-10-21(11-9-20)15-6-4-3-5-7-15/h3-7,14,16H,8-13,18H2,1-2H3,(H,19,22). The Morgan fingerprint density at radius 3 is 2.52 bits per heavy atom.